The summed E-state index contributed by atoms with van der Waals surface area (Å²) in [6.07, 6.45) is 3.80. The van der Waals surface area contributed by atoms with Crippen LogP contribution in [0.1, 0.15) is 19.4 Å². The third kappa shape index (κ3) is 3.54. The van der Waals surface area contributed by atoms with E-state index >= 15 is 0 Å². The summed E-state index contributed by atoms with van der Waals surface area (Å²) in [6.45, 7) is 3.99. The summed E-state index contributed by atoms with van der Waals surface area (Å²) >= 11 is 5.36. The average molecular weight is 377 g/mol. The maximum absolute atomic E-state index is 5.77. The number of nitrogens with one attached hydrogen (secondary N) is 2. The van der Waals surface area contributed by atoms with E-state index in [1.165, 1.54) is 0 Å². The largest absolute Gasteiger partial charge is 0.491 e. The van der Waals surface area contributed by atoms with E-state index in [9.17, 15) is 0 Å². The van der Waals surface area contributed by atoms with Crippen molar-refractivity contribution in [3.05, 3.63) is 65.1 Å². The number of benzene rings is 2. The van der Waals surface area contributed by atoms with Crippen LogP contribution in [0.25, 0.3) is 22.3 Å². The zero-order chi connectivity index (χ0) is 18.8. The molecule has 4 aromatic rings. The number of aromatic amines is 2. The summed E-state index contributed by atoms with van der Waals surface area (Å²) in [7, 11) is 0. The molecule has 0 saturated heterocycles. The Labute approximate surface area is 161 Å². The number of hydrogen-bond acceptors (Lipinski definition) is 4. The van der Waals surface area contributed by atoms with E-state index in [2.05, 4.69) is 26.3 Å². The van der Waals surface area contributed by atoms with Crippen LogP contribution in [0.15, 0.2) is 59.8 Å². The molecule has 136 valence electrons. The zero-order valence-electron chi connectivity index (χ0n) is 15.0. The van der Waals surface area contributed by atoms with E-state index in [-0.39, 0.29) is 6.10 Å². The molecule has 4 rings (SSSR count). The SMILES string of the molecule is CC(C)Oc1cccc(-c2n[nH]c(=S)n2/N=C\c2c[nH]c3ccccc23)c1. The fourth-order valence-electron chi connectivity index (χ4n) is 2.89. The van der Waals surface area contributed by atoms with Crippen LogP contribution < -0.4 is 4.74 Å². The fourth-order valence-corrected chi connectivity index (χ4v) is 3.07. The maximum Gasteiger partial charge on any atom is 0.216 e. The van der Waals surface area contributed by atoms with Crippen molar-refractivity contribution in [1.29, 1.82) is 0 Å². The standard InChI is InChI=1S/C20H19N5OS/c1-13(2)26-16-7-5-6-14(10-16)19-23-24-20(27)25(19)22-12-15-11-21-18-9-4-3-8-17(15)18/h3-13,21H,1-2H3,(H,24,27)/b22-12-. The lowest BCUT2D eigenvalue weighted by Crippen LogP contribution is -2.05. The molecular formula is C20H19N5OS. The van der Waals surface area contributed by atoms with E-state index < -0.39 is 0 Å². The molecule has 27 heavy (non-hydrogen) atoms. The van der Waals surface area contributed by atoms with Crippen molar-refractivity contribution in [3.63, 3.8) is 0 Å². The first-order valence-electron chi connectivity index (χ1n) is 8.67. The first-order valence-corrected chi connectivity index (χ1v) is 9.07. The van der Waals surface area contributed by atoms with Crippen LogP contribution in [0, 0.1) is 4.77 Å². The average Bonchev–Trinajstić information content (AvgIpc) is 3.23. The van der Waals surface area contributed by atoms with Gasteiger partial charge >= 0.3 is 0 Å². The molecule has 2 heterocycles. The van der Waals surface area contributed by atoms with Crippen molar-refractivity contribution < 1.29 is 4.74 Å². The van der Waals surface area contributed by atoms with Gasteiger partial charge in [0, 0.05) is 28.2 Å². The van der Waals surface area contributed by atoms with Gasteiger partial charge in [0.1, 0.15) is 5.75 Å². The van der Waals surface area contributed by atoms with Crippen LogP contribution in [0.2, 0.25) is 0 Å². The Balaban J connectivity index is 1.71. The van der Waals surface area contributed by atoms with Crippen molar-refractivity contribution in [1.82, 2.24) is 19.9 Å². The number of aromatic nitrogens is 4. The summed E-state index contributed by atoms with van der Waals surface area (Å²) < 4.78 is 7.82. The van der Waals surface area contributed by atoms with E-state index in [1.54, 1.807) is 10.9 Å². The topological polar surface area (TPSA) is 71.0 Å². The fraction of sp³-hybridized carbons (Fsp3) is 0.150. The molecule has 0 bridgehead atoms. The minimum absolute atomic E-state index is 0.0981. The summed E-state index contributed by atoms with van der Waals surface area (Å²) in [5.74, 6) is 1.41. The van der Waals surface area contributed by atoms with E-state index in [1.807, 2.05) is 62.5 Å². The van der Waals surface area contributed by atoms with E-state index in [4.69, 9.17) is 17.0 Å². The number of nitrogens with zero attached hydrogens (tertiary/aromatic N) is 3. The highest BCUT2D eigenvalue weighted by Crippen LogP contribution is 2.23. The predicted molar refractivity (Wildman–Crippen MR) is 110 cm³/mol. The van der Waals surface area contributed by atoms with Gasteiger partial charge in [-0.15, -0.1) is 0 Å². The van der Waals surface area contributed by atoms with Crippen LogP contribution in [0.3, 0.4) is 0 Å². The quantitative estimate of drug-likeness (QED) is 0.389. The molecule has 0 fully saturated rings. The Morgan fingerprint density at radius 3 is 2.89 bits per heavy atom. The third-order valence-corrected chi connectivity index (χ3v) is 4.31. The second kappa shape index (κ2) is 7.20. The minimum atomic E-state index is 0.0981. The molecule has 0 amide bonds. The molecule has 2 aromatic heterocycles. The van der Waals surface area contributed by atoms with Crippen molar-refractivity contribution >= 4 is 29.3 Å². The van der Waals surface area contributed by atoms with E-state index in [0.717, 1.165) is 27.8 Å². The van der Waals surface area contributed by atoms with Crippen LogP contribution in [-0.4, -0.2) is 32.2 Å². The van der Waals surface area contributed by atoms with Gasteiger partial charge < -0.3 is 9.72 Å². The Kier molecular flexibility index (Phi) is 4.60. The molecule has 0 aliphatic carbocycles. The summed E-state index contributed by atoms with van der Waals surface area (Å²) in [6, 6.07) is 15.8. The van der Waals surface area contributed by atoms with Gasteiger partial charge in [-0.05, 0) is 44.3 Å². The third-order valence-electron chi connectivity index (χ3n) is 4.05. The summed E-state index contributed by atoms with van der Waals surface area (Å²) in [5, 5.41) is 12.8. The van der Waals surface area contributed by atoms with Gasteiger partial charge in [-0.25, -0.2) is 5.10 Å². The van der Waals surface area contributed by atoms with Gasteiger partial charge in [0.2, 0.25) is 4.77 Å². The van der Waals surface area contributed by atoms with Crippen molar-refractivity contribution in [2.75, 3.05) is 0 Å². The number of ether oxygens (including phenoxy) is 1. The van der Waals surface area contributed by atoms with E-state index in [0.29, 0.717) is 10.6 Å². The maximum atomic E-state index is 5.77. The van der Waals surface area contributed by atoms with Gasteiger partial charge in [-0.2, -0.15) is 14.9 Å². The van der Waals surface area contributed by atoms with Gasteiger partial charge in [0.05, 0.1) is 12.3 Å². The van der Waals surface area contributed by atoms with Crippen LogP contribution >= 0.6 is 12.2 Å². The lowest BCUT2D eigenvalue weighted by atomic mass is 10.2. The molecule has 0 unspecified atom stereocenters. The molecule has 0 aliphatic heterocycles. The van der Waals surface area contributed by atoms with Gasteiger partial charge in [-0.1, -0.05) is 30.3 Å². The molecule has 0 aliphatic rings. The number of rotatable bonds is 5. The van der Waals surface area contributed by atoms with Crippen molar-refractivity contribution in [2.24, 2.45) is 5.10 Å². The molecule has 0 atom stereocenters. The van der Waals surface area contributed by atoms with Crippen LogP contribution in [0.5, 0.6) is 5.75 Å². The second-order valence-corrected chi connectivity index (χ2v) is 6.78. The lowest BCUT2D eigenvalue weighted by molar-refractivity contribution is 0.242. The highest BCUT2D eigenvalue weighted by atomic mass is 32.1. The Hall–Kier alpha value is -3.19. The van der Waals surface area contributed by atoms with Gasteiger partial charge in [0.25, 0.3) is 0 Å². The molecule has 6 nitrogen and oxygen atoms in total. The number of H-pyrrole nitrogens is 2. The predicted octanol–water partition coefficient (Wildman–Crippen LogP) is 4.76. The van der Waals surface area contributed by atoms with Crippen molar-refractivity contribution in [2.45, 2.75) is 20.0 Å². The number of fused-ring (bicyclic) bond motifs is 1. The molecule has 2 N–H and O–H groups in total. The smallest absolute Gasteiger partial charge is 0.216 e. The Morgan fingerprint density at radius 2 is 2.04 bits per heavy atom. The highest BCUT2D eigenvalue weighted by Gasteiger charge is 2.10. The molecule has 0 saturated carbocycles. The van der Waals surface area contributed by atoms with Crippen LogP contribution in [-0.2, 0) is 0 Å². The van der Waals surface area contributed by atoms with Crippen LogP contribution in [0.4, 0.5) is 0 Å². The first-order chi connectivity index (χ1) is 13.1. The Morgan fingerprint density at radius 1 is 1.19 bits per heavy atom. The zero-order valence-corrected chi connectivity index (χ0v) is 15.8. The van der Waals surface area contributed by atoms with Gasteiger partial charge in [-0.3, -0.25) is 0 Å². The normalized spacial score (nSPS) is 11.7. The second-order valence-electron chi connectivity index (χ2n) is 6.39. The minimum Gasteiger partial charge on any atom is -0.491 e. The number of hydrogen-bond donors (Lipinski definition) is 2. The first kappa shape index (κ1) is 17.2. The van der Waals surface area contributed by atoms with Crippen molar-refractivity contribution in [3.8, 4) is 17.1 Å². The molecule has 0 radical (unpaired) electrons. The molecular weight excluding hydrogens is 358 g/mol. The molecule has 2 aromatic carbocycles. The molecule has 0 spiro atoms. The molecule has 7 heteroatoms. The summed E-state index contributed by atoms with van der Waals surface area (Å²) in [5.41, 5.74) is 2.92. The number of para-hydroxylation sites is 1. The summed E-state index contributed by atoms with van der Waals surface area (Å²) in [4.78, 5) is 3.24. The highest BCUT2D eigenvalue weighted by molar-refractivity contribution is 7.71. The Bertz CT molecular complexity index is 1170. The van der Waals surface area contributed by atoms with Gasteiger partial charge in [0.15, 0.2) is 5.82 Å². The monoisotopic (exact) mass is 377 g/mol. The lowest BCUT2D eigenvalue weighted by Gasteiger charge is -2.10.